The summed E-state index contributed by atoms with van der Waals surface area (Å²) >= 11 is 4.96. The zero-order valence-corrected chi connectivity index (χ0v) is 11.1. The van der Waals surface area contributed by atoms with Crippen molar-refractivity contribution in [3.8, 4) is 5.75 Å². The molecule has 6 heteroatoms. The van der Waals surface area contributed by atoms with Crippen molar-refractivity contribution >= 4 is 32.2 Å². The fourth-order valence-electron chi connectivity index (χ4n) is 1.47. The van der Waals surface area contributed by atoms with Crippen LogP contribution in [-0.4, -0.2) is 14.4 Å². The Balaban J connectivity index is 1.74. The first-order chi connectivity index (χ1) is 8.31. The third-order valence-electron chi connectivity index (χ3n) is 2.21. The molecule has 3 aromatic heterocycles. The quantitative estimate of drug-likeness (QED) is 0.746. The summed E-state index contributed by atoms with van der Waals surface area (Å²) in [4.78, 5) is 9.45. The van der Waals surface area contributed by atoms with E-state index in [0.29, 0.717) is 6.61 Å². The molecule has 3 aromatic rings. The van der Waals surface area contributed by atoms with Crippen LogP contribution in [0.3, 0.4) is 0 Å². The molecule has 0 saturated carbocycles. The van der Waals surface area contributed by atoms with Gasteiger partial charge in [-0.2, -0.15) is 0 Å². The number of pyridine rings is 1. The van der Waals surface area contributed by atoms with E-state index < -0.39 is 0 Å². The lowest BCUT2D eigenvalue weighted by Gasteiger charge is -2.03. The summed E-state index contributed by atoms with van der Waals surface area (Å²) in [7, 11) is 0. The second-order valence-electron chi connectivity index (χ2n) is 3.45. The molecule has 0 atom stereocenters. The molecule has 0 amide bonds. The van der Waals surface area contributed by atoms with Crippen LogP contribution < -0.4 is 4.74 Å². The van der Waals surface area contributed by atoms with Crippen LogP contribution in [0, 0.1) is 0 Å². The van der Waals surface area contributed by atoms with Crippen molar-refractivity contribution in [3.63, 3.8) is 0 Å². The number of hydrogen-bond donors (Lipinski definition) is 0. The molecule has 4 nitrogen and oxygen atoms in total. The van der Waals surface area contributed by atoms with Gasteiger partial charge >= 0.3 is 0 Å². The minimum Gasteiger partial charge on any atom is -0.486 e. The van der Waals surface area contributed by atoms with Crippen molar-refractivity contribution in [1.29, 1.82) is 0 Å². The molecule has 17 heavy (non-hydrogen) atoms. The molecule has 86 valence electrons. The van der Waals surface area contributed by atoms with Crippen LogP contribution in [0.5, 0.6) is 5.75 Å². The first-order valence-corrected chi connectivity index (χ1v) is 6.63. The number of aromatic nitrogens is 3. The van der Waals surface area contributed by atoms with E-state index in [2.05, 4.69) is 25.9 Å². The maximum absolute atomic E-state index is 5.61. The highest BCUT2D eigenvalue weighted by Crippen LogP contribution is 2.18. The molecule has 0 aromatic carbocycles. The predicted molar refractivity (Wildman–Crippen MR) is 69.3 cm³/mol. The fraction of sp³-hybridized carbons (Fsp3) is 0.0909. The number of fused-ring (bicyclic) bond motifs is 1. The second-order valence-corrected chi connectivity index (χ2v) is 5.24. The van der Waals surface area contributed by atoms with E-state index in [1.54, 1.807) is 23.7 Å². The maximum atomic E-state index is 5.61. The highest BCUT2D eigenvalue weighted by atomic mass is 79.9. The normalized spacial score (nSPS) is 10.9. The van der Waals surface area contributed by atoms with Gasteiger partial charge in [-0.25, -0.2) is 4.98 Å². The smallest absolute Gasteiger partial charge is 0.193 e. The van der Waals surface area contributed by atoms with E-state index in [9.17, 15) is 0 Å². The van der Waals surface area contributed by atoms with Crippen molar-refractivity contribution in [2.45, 2.75) is 6.61 Å². The molecule has 0 unspecified atom stereocenters. The number of rotatable bonds is 3. The number of thiazole rings is 1. The lowest BCUT2D eigenvalue weighted by Crippen LogP contribution is -1.95. The molecule has 0 spiro atoms. The van der Waals surface area contributed by atoms with E-state index in [1.807, 2.05) is 28.2 Å². The highest BCUT2D eigenvalue weighted by molar-refractivity contribution is 9.10. The van der Waals surface area contributed by atoms with Gasteiger partial charge in [0.15, 0.2) is 4.96 Å². The third-order valence-corrected chi connectivity index (χ3v) is 3.41. The van der Waals surface area contributed by atoms with E-state index in [-0.39, 0.29) is 0 Å². The Morgan fingerprint density at radius 2 is 2.35 bits per heavy atom. The Hall–Kier alpha value is -1.40. The molecule has 0 aliphatic heterocycles. The lowest BCUT2D eigenvalue weighted by molar-refractivity contribution is 0.300. The Labute approximate surface area is 110 Å². The zero-order valence-electron chi connectivity index (χ0n) is 8.71. The summed E-state index contributed by atoms with van der Waals surface area (Å²) in [5.41, 5.74) is 0.914. The van der Waals surface area contributed by atoms with E-state index >= 15 is 0 Å². The van der Waals surface area contributed by atoms with Gasteiger partial charge in [-0.05, 0) is 22.0 Å². The number of ether oxygens (including phenoxy) is 1. The predicted octanol–water partition coefficient (Wildman–Crippen LogP) is 3.13. The summed E-state index contributed by atoms with van der Waals surface area (Å²) < 4.78 is 8.50. The molecule has 0 aliphatic carbocycles. The molecule has 0 radical (unpaired) electrons. The van der Waals surface area contributed by atoms with Crippen LogP contribution >= 0.6 is 27.3 Å². The summed E-state index contributed by atoms with van der Waals surface area (Å²) in [6, 6.07) is 1.88. The van der Waals surface area contributed by atoms with Gasteiger partial charge in [0.05, 0.1) is 11.9 Å². The number of hydrogen-bond acceptors (Lipinski definition) is 4. The summed E-state index contributed by atoms with van der Waals surface area (Å²) in [6.07, 6.45) is 7.36. The number of halogens is 1. The second kappa shape index (κ2) is 4.46. The van der Waals surface area contributed by atoms with Crippen LogP contribution in [-0.2, 0) is 6.61 Å². The van der Waals surface area contributed by atoms with Crippen molar-refractivity contribution in [1.82, 2.24) is 14.4 Å². The highest BCUT2D eigenvalue weighted by Gasteiger charge is 2.03. The molecule has 0 N–H and O–H groups in total. The average molecular weight is 310 g/mol. The molecule has 0 saturated heterocycles. The van der Waals surface area contributed by atoms with Gasteiger partial charge in [-0.3, -0.25) is 9.38 Å². The van der Waals surface area contributed by atoms with Crippen LogP contribution in [0.4, 0.5) is 0 Å². The van der Waals surface area contributed by atoms with Gasteiger partial charge < -0.3 is 4.74 Å². The first-order valence-electron chi connectivity index (χ1n) is 4.96. The Morgan fingerprint density at radius 3 is 3.18 bits per heavy atom. The number of imidazole rings is 1. The topological polar surface area (TPSA) is 39.4 Å². The number of nitrogens with zero attached hydrogens (tertiary/aromatic N) is 3. The first kappa shape index (κ1) is 10.7. The Bertz CT molecular complexity index is 620. The fourth-order valence-corrected chi connectivity index (χ4v) is 2.54. The Kier molecular flexibility index (Phi) is 2.82. The van der Waals surface area contributed by atoms with Crippen molar-refractivity contribution in [2.75, 3.05) is 0 Å². The monoisotopic (exact) mass is 309 g/mol. The van der Waals surface area contributed by atoms with Crippen molar-refractivity contribution in [2.24, 2.45) is 0 Å². The van der Waals surface area contributed by atoms with Crippen LogP contribution in [0.2, 0.25) is 0 Å². The molecule has 0 aliphatic rings. The molecule has 0 bridgehead atoms. The van der Waals surface area contributed by atoms with Gasteiger partial charge in [-0.15, -0.1) is 11.3 Å². The third kappa shape index (κ3) is 2.32. The van der Waals surface area contributed by atoms with E-state index in [0.717, 1.165) is 20.9 Å². The summed E-state index contributed by atoms with van der Waals surface area (Å²) in [6.45, 7) is 0.451. The van der Waals surface area contributed by atoms with Crippen LogP contribution in [0.15, 0.2) is 40.7 Å². The maximum Gasteiger partial charge on any atom is 0.193 e. The van der Waals surface area contributed by atoms with Crippen LogP contribution in [0.25, 0.3) is 4.96 Å². The summed E-state index contributed by atoms with van der Waals surface area (Å²) in [5.74, 6) is 0.732. The van der Waals surface area contributed by atoms with Crippen LogP contribution in [0.1, 0.15) is 5.69 Å². The van der Waals surface area contributed by atoms with Gasteiger partial charge in [0.1, 0.15) is 12.4 Å². The standard InChI is InChI=1S/C11H8BrN3OS/c12-8-3-10(5-13-4-8)16-7-9-6-15-1-2-17-11(15)14-9/h1-6H,7H2. The van der Waals surface area contributed by atoms with Crippen molar-refractivity contribution in [3.05, 3.63) is 46.4 Å². The molecule has 0 fully saturated rings. The van der Waals surface area contributed by atoms with Gasteiger partial charge in [0.2, 0.25) is 0 Å². The minimum atomic E-state index is 0.451. The molecular weight excluding hydrogens is 302 g/mol. The molecule has 3 rings (SSSR count). The molecular formula is C11H8BrN3OS. The molecule has 3 heterocycles. The SMILES string of the molecule is Brc1cncc(OCc2cn3ccsc3n2)c1. The largest absolute Gasteiger partial charge is 0.486 e. The summed E-state index contributed by atoms with van der Waals surface area (Å²) in [5, 5.41) is 2.01. The van der Waals surface area contributed by atoms with E-state index in [4.69, 9.17) is 4.74 Å². The lowest BCUT2D eigenvalue weighted by atomic mass is 10.4. The zero-order chi connectivity index (χ0) is 11.7. The van der Waals surface area contributed by atoms with Gasteiger partial charge in [0, 0.05) is 28.4 Å². The minimum absolute atomic E-state index is 0.451. The Morgan fingerprint density at radius 1 is 1.41 bits per heavy atom. The van der Waals surface area contributed by atoms with E-state index in [1.165, 1.54) is 0 Å². The van der Waals surface area contributed by atoms with Gasteiger partial charge in [-0.1, -0.05) is 0 Å². The van der Waals surface area contributed by atoms with Crippen molar-refractivity contribution < 1.29 is 4.74 Å². The van der Waals surface area contributed by atoms with Gasteiger partial charge in [0.25, 0.3) is 0 Å². The average Bonchev–Trinajstić information content (AvgIpc) is 2.86.